The van der Waals surface area contributed by atoms with Gasteiger partial charge in [0.25, 0.3) is 0 Å². The second kappa shape index (κ2) is 10.0. The van der Waals surface area contributed by atoms with Gasteiger partial charge in [-0.25, -0.2) is 9.38 Å². The van der Waals surface area contributed by atoms with E-state index in [0.29, 0.717) is 12.1 Å². The Hall–Kier alpha value is -0.930. The fourth-order valence-electron chi connectivity index (χ4n) is 2.52. The Labute approximate surface area is 153 Å². The monoisotopic (exact) mass is 437 g/mol. The van der Waals surface area contributed by atoms with Gasteiger partial charge in [-0.05, 0) is 37.5 Å². The number of piperidine rings is 1. The standard InChI is InChI=1S/C16H24FN3O2.HI/c1-2-18-16(20-7-5-14(22)6-8-20)19-10-12-3-4-15(17)13(9-12)11-21;/h3-4,9,14,21-22H,2,5-8,10-11H2,1H3,(H,18,19);1H. The highest BCUT2D eigenvalue weighted by atomic mass is 127. The number of halogens is 2. The van der Waals surface area contributed by atoms with Crippen molar-refractivity contribution in [2.45, 2.75) is 39.0 Å². The molecule has 0 saturated carbocycles. The Kier molecular flexibility index (Phi) is 8.78. The Morgan fingerprint density at radius 2 is 2.09 bits per heavy atom. The molecule has 130 valence electrons. The van der Waals surface area contributed by atoms with Crippen LogP contribution in [0.1, 0.15) is 30.9 Å². The summed E-state index contributed by atoms with van der Waals surface area (Å²) < 4.78 is 13.4. The van der Waals surface area contributed by atoms with E-state index in [9.17, 15) is 9.50 Å². The third-order valence-electron chi connectivity index (χ3n) is 3.79. The molecule has 1 aliphatic heterocycles. The summed E-state index contributed by atoms with van der Waals surface area (Å²) in [5, 5.41) is 21.9. The van der Waals surface area contributed by atoms with Gasteiger partial charge < -0.3 is 20.4 Å². The lowest BCUT2D eigenvalue weighted by atomic mass is 10.1. The van der Waals surface area contributed by atoms with Gasteiger partial charge in [0, 0.05) is 25.2 Å². The number of aliphatic hydroxyl groups is 2. The maximum Gasteiger partial charge on any atom is 0.194 e. The zero-order chi connectivity index (χ0) is 15.9. The van der Waals surface area contributed by atoms with Crippen molar-refractivity contribution in [3.05, 3.63) is 35.1 Å². The van der Waals surface area contributed by atoms with E-state index in [-0.39, 0.29) is 36.7 Å². The minimum absolute atomic E-state index is 0. The molecule has 0 atom stereocenters. The number of hydrogen-bond acceptors (Lipinski definition) is 3. The van der Waals surface area contributed by atoms with Crippen LogP contribution < -0.4 is 5.32 Å². The van der Waals surface area contributed by atoms with Crippen molar-refractivity contribution in [2.24, 2.45) is 4.99 Å². The molecule has 0 aliphatic carbocycles. The normalized spacial score (nSPS) is 16.2. The van der Waals surface area contributed by atoms with Crippen LogP contribution in [0.4, 0.5) is 4.39 Å². The summed E-state index contributed by atoms with van der Waals surface area (Å²) in [6, 6.07) is 4.68. The molecular weight excluding hydrogens is 412 g/mol. The first-order valence-corrected chi connectivity index (χ1v) is 7.73. The van der Waals surface area contributed by atoms with Gasteiger partial charge in [0.15, 0.2) is 5.96 Å². The zero-order valence-corrected chi connectivity index (χ0v) is 15.7. The highest BCUT2D eigenvalue weighted by Crippen LogP contribution is 2.13. The van der Waals surface area contributed by atoms with Crippen LogP contribution in [0, 0.1) is 5.82 Å². The van der Waals surface area contributed by atoms with E-state index in [0.717, 1.165) is 44.0 Å². The Balaban J connectivity index is 0.00000264. The van der Waals surface area contributed by atoms with Crippen molar-refractivity contribution in [3.63, 3.8) is 0 Å². The number of likely N-dealkylation sites (tertiary alicyclic amines) is 1. The molecule has 1 saturated heterocycles. The quantitative estimate of drug-likeness (QED) is 0.382. The maximum absolute atomic E-state index is 13.4. The summed E-state index contributed by atoms with van der Waals surface area (Å²) in [6.07, 6.45) is 1.27. The van der Waals surface area contributed by atoms with Crippen LogP contribution in [0.2, 0.25) is 0 Å². The summed E-state index contributed by atoms with van der Waals surface area (Å²) in [7, 11) is 0. The molecule has 0 spiro atoms. The van der Waals surface area contributed by atoms with E-state index in [1.807, 2.05) is 6.92 Å². The van der Waals surface area contributed by atoms with E-state index in [1.54, 1.807) is 12.1 Å². The van der Waals surface area contributed by atoms with E-state index < -0.39 is 5.82 Å². The molecule has 0 bridgehead atoms. The summed E-state index contributed by atoms with van der Waals surface area (Å²) in [5.41, 5.74) is 1.15. The lowest BCUT2D eigenvalue weighted by Gasteiger charge is -2.32. The van der Waals surface area contributed by atoms with Crippen LogP contribution in [0.15, 0.2) is 23.2 Å². The smallest absolute Gasteiger partial charge is 0.194 e. The minimum atomic E-state index is -0.396. The lowest BCUT2D eigenvalue weighted by molar-refractivity contribution is 0.108. The van der Waals surface area contributed by atoms with E-state index in [1.165, 1.54) is 6.07 Å². The summed E-state index contributed by atoms with van der Waals surface area (Å²) in [6.45, 7) is 4.44. The second-order valence-electron chi connectivity index (χ2n) is 5.47. The van der Waals surface area contributed by atoms with Gasteiger partial charge >= 0.3 is 0 Å². The summed E-state index contributed by atoms with van der Waals surface area (Å²) >= 11 is 0. The lowest BCUT2D eigenvalue weighted by Crippen LogP contribution is -2.46. The van der Waals surface area contributed by atoms with Crippen LogP contribution in [-0.4, -0.2) is 46.8 Å². The number of guanidine groups is 1. The van der Waals surface area contributed by atoms with Gasteiger partial charge in [-0.1, -0.05) is 6.07 Å². The number of nitrogens with one attached hydrogen (secondary N) is 1. The van der Waals surface area contributed by atoms with Gasteiger partial charge in [-0.15, -0.1) is 24.0 Å². The van der Waals surface area contributed by atoms with Gasteiger partial charge in [0.05, 0.1) is 19.3 Å². The molecule has 5 nitrogen and oxygen atoms in total. The molecule has 23 heavy (non-hydrogen) atoms. The number of aliphatic imine (C=N–C) groups is 1. The molecule has 1 aromatic carbocycles. The molecule has 1 aromatic rings. The SMILES string of the molecule is CCNC(=NCc1ccc(F)c(CO)c1)N1CCC(O)CC1.I. The number of nitrogens with zero attached hydrogens (tertiary/aromatic N) is 2. The molecule has 0 aromatic heterocycles. The van der Waals surface area contributed by atoms with Gasteiger partial charge in [-0.3, -0.25) is 0 Å². The molecule has 1 heterocycles. The predicted molar refractivity (Wildman–Crippen MR) is 99.4 cm³/mol. The predicted octanol–water partition coefficient (Wildman–Crippen LogP) is 1.86. The second-order valence-corrected chi connectivity index (χ2v) is 5.47. The number of aliphatic hydroxyl groups excluding tert-OH is 2. The van der Waals surface area contributed by atoms with Crippen molar-refractivity contribution in [1.29, 1.82) is 0 Å². The Bertz CT molecular complexity index is 520. The number of hydrogen-bond donors (Lipinski definition) is 3. The van der Waals surface area contributed by atoms with E-state index in [4.69, 9.17) is 5.11 Å². The third-order valence-corrected chi connectivity index (χ3v) is 3.79. The zero-order valence-electron chi connectivity index (χ0n) is 13.3. The fraction of sp³-hybridized carbons (Fsp3) is 0.562. The molecule has 1 aliphatic rings. The highest BCUT2D eigenvalue weighted by Gasteiger charge is 2.19. The molecule has 0 radical (unpaired) electrons. The molecule has 1 fully saturated rings. The molecule has 2 rings (SSSR count). The average Bonchev–Trinajstić information content (AvgIpc) is 2.53. The molecule has 0 amide bonds. The van der Waals surface area contributed by atoms with Crippen LogP contribution in [0.5, 0.6) is 0 Å². The van der Waals surface area contributed by atoms with Gasteiger partial charge in [0.1, 0.15) is 5.82 Å². The largest absolute Gasteiger partial charge is 0.393 e. The summed E-state index contributed by atoms with van der Waals surface area (Å²) in [4.78, 5) is 6.71. The van der Waals surface area contributed by atoms with Crippen LogP contribution in [-0.2, 0) is 13.2 Å². The van der Waals surface area contributed by atoms with Gasteiger partial charge in [0.2, 0.25) is 0 Å². The van der Waals surface area contributed by atoms with Crippen LogP contribution in [0.3, 0.4) is 0 Å². The van der Waals surface area contributed by atoms with E-state index in [2.05, 4.69) is 15.2 Å². The average molecular weight is 437 g/mol. The van der Waals surface area contributed by atoms with Crippen molar-refractivity contribution >= 4 is 29.9 Å². The van der Waals surface area contributed by atoms with Crippen molar-refractivity contribution < 1.29 is 14.6 Å². The highest BCUT2D eigenvalue weighted by molar-refractivity contribution is 14.0. The van der Waals surface area contributed by atoms with Crippen LogP contribution in [0.25, 0.3) is 0 Å². The minimum Gasteiger partial charge on any atom is -0.393 e. The molecule has 7 heteroatoms. The fourth-order valence-corrected chi connectivity index (χ4v) is 2.52. The Morgan fingerprint density at radius 3 is 2.70 bits per heavy atom. The number of rotatable bonds is 4. The van der Waals surface area contributed by atoms with Crippen LogP contribution >= 0.6 is 24.0 Å². The maximum atomic E-state index is 13.4. The van der Waals surface area contributed by atoms with Crippen molar-refractivity contribution in [2.75, 3.05) is 19.6 Å². The van der Waals surface area contributed by atoms with Crippen molar-refractivity contribution in [3.8, 4) is 0 Å². The third kappa shape index (κ3) is 5.89. The molecule has 3 N–H and O–H groups in total. The van der Waals surface area contributed by atoms with Gasteiger partial charge in [-0.2, -0.15) is 0 Å². The topological polar surface area (TPSA) is 68.1 Å². The number of benzene rings is 1. The first-order valence-electron chi connectivity index (χ1n) is 7.73. The Morgan fingerprint density at radius 1 is 1.39 bits per heavy atom. The first-order chi connectivity index (χ1) is 10.6. The molecular formula is C16H25FIN3O2. The summed E-state index contributed by atoms with van der Waals surface area (Å²) in [5.74, 6) is 0.413. The molecule has 0 unspecified atom stereocenters. The van der Waals surface area contributed by atoms with Crippen molar-refractivity contribution in [1.82, 2.24) is 10.2 Å². The van der Waals surface area contributed by atoms with E-state index >= 15 is 0 Å². The first kappa shape index (κ1) is 20.1.